The van der Waals surface area contributed by atoms with Gasteiger partial charge in [0.15, 0.2) is 5.78 Å². The lowest BCUT2D eigenvalue weighted by molar-refractivity contribution is -0.151. The fourth-order valence-corrected chi connectivity index (χ4v) is 4.76. The monoisotopic (exact) mass is 357 g/mol. The predicted octanol–water partition coefficient (Wildman–Crippen LogP) is 3.01. The number of para-hydroxylation sites is 1. The van der Waals surface area contributed by atoms with E-state index in [1.165, 1.54) is 11.3 Å². The average molecular weight is 357 g/mol. The van der Waals surface area contributed by atoms with Gasteiger partial charge in [-0.3, -0.25) is 14.5 Å². The van der Waals surface area contributed by atoms with Gasteiger partial charge in [0, 0.05) is 25.6 Å². The number of ketones is 1. The predicted molar refractivity (Wildman–Crippen MR) is 94.3 cm³/mol. The highest BCUT2D eigenvalue weighted by Gasteiger charge is 2.56. The van der Waals surface area contributed by atoms with Crippen LogP contribution in [0, 0.1) is 5.41 Å². The molecule has 130 valence electrons. The van der Waals surface area contributed by atoms with Crippen molar-refractivity contribution in [2.75, 3.05) is 19.7 Å². The third-order valence-electron chi connectivity index (χ3n) is 5.23. The molecule has 1 N–H and O–H groups in total. The number of hydrogen-bond acceptors (Lipinski definition) is 5. The van der Waals surface area contributed by atoms with E-state index < -0.39 is 11.4 Å². The Morgan fingerprint density at radius 2 is 2.20 bits per heavy atom. The second-order valence-electron chi connectivity index (χ2n) is 6.89. The fourth-order valence-electron chi connectivity index (χ4n) is 3.96. The summed E-state index contributed by atoms with van der Waals surface area (Å²) in [5.74, 6) is -0.0265. The minimum Gasteiger partial charge on any atom is -0.492 e. The van der Waals surface area contributed by atoms with E-state index in [-0.39, 0.29) is 18.3 Å². The molecule has 0 unspecified atom stereocenters. The lowest BCUT2D eigenvalue weighted by Crippen LogP contribution is -2.45. The maximum absolute atomic E-state index is 12.1. The van der Waals surface area contributed by atoms with Crippen molar-refractivity contribution in [3.8, 4) is 5.75 Å². The van der Waals surface area contributed by atoms with Gasteiger partial charge in [0.05, 0.1) is 4.88 Å². The first-order valence-electron chi connectivity index (χ1n) is 8.25. The molecule has 4 rings (SSSR count). The van der Waals surface area contributed by atoms with Crippen LogP contribution in [0.4, 0.5) is 0 Å². The Morgan fingerprint density at radius 1 is 1.40 bits per heavy atom. The highest BCUT2D eigenvalue weighted by atomic mass is 32.1. The Kier molecular flexibility index (Phi) is 3.89. The maximum atomic E-state index is 12.1. The van der Waals surface area contributed by atoms with Crippen LogP contribution < -0.4 is 4.74 Å². The van der Waals surface area contributed by atoms with Crippen LogP contribution in [0.3, 0.4) is 0 Å². The van der Waals surface area contributed by atoms with Crippen molar-refractivity contribution in [1.29, 1.82) is 0 Å². The Balaban J connectivity index is 1.62. The number of hydrogen-bond donors (Lipinski definition) is 1. The van der Waals surface area contributed by atoms with Crippen molar-refractivity contribution >= 4 is 23.1 Å². The standard InChI is InChI=1S/C19H19NO4S/c1-12(21)17-6-13(9-25-17)7-20-8-15-14-4-2-3-5-16(14)24-11-19(15,10-20)18(22)23/h2-6,9,15H,7-8,10-11H2,1H3,(H,22,23)/t15-,19-/m1/s1. The molecule has 0 saturated carbocycles. The normalized spacial score (nSPS) is 25.1. The van der Waals surface area contributed by atoms with Gasteiger partial charge in [-0.1, -0.05) is 18.2 Å². The average Bonchev–Trinajstić information content (AvgIpc) is 3.20. The zero-order valence-electron chi connectivity index (χ0n) is 13.9. The van der Waals surface area contributed by atoms with Crippen molar-refractivity contribution in [1.82, 2.24) is 4.90 Å². The summed E-state index contributed by atoms with van der Waals surface area (Å²) in [7, 11) is 0. The van der Waals surface area contributed by atoms with Crippen LogP contribution in [0.15, 0.2) is 35.7 Å². The molecule has 1 aromatic carbocycles. The van der Waals surface area contributed by atoms with Crippen molar-refractivity contribution in [3.63, 3.8) is 0 Å². The molecule has 0 radical (unpaired) electrons. The summed E-state index contributed by atoms with van der Waals surface area (Å²) in [5, 5.41) is 11.9. The Bertz CT molecular complexity index is 845. The summed E-state index contributed by atoms with van der Waals surface area (Å²) in [5.41, 5.74) is 1.13. The molecule has 1 saturated heterocycles. The van der Waals surface area contributed by atoms with Gasteiger partial charge in [0.2, 0.25) is 0 Å². The molecule has 1 fully saturated rings. The number of carbonyl (C=O) groups excluding carboxylic acids is 1. The summed E-state index contributed by atoms with van der Waals surface area (Å²) >= 11 is 1.44. The number of benzene rings is 1. The largest absolute Gasteiger partial charge is 0.492 e. The van der Waals surface area contributed by atoms with Gasteiger partial charge in [-0.05, 0) is 35.6 Å². The third kappa shape index (κ3) is 2.65. The molecule has 3 heterocycles. The minimum atomic E-state index is -0.909. The van der Waals surface area contributed by atoms with Crippen molar-refractivity contribution in [2.24, 2.45) is 5.41 Å². The summed E-state index contributed by atoms with van der Waals surface area (Å²) in [6.45, 7) is 3.54. The molecule has 2 aliphatic rings. The zero-order valence-corrected chi connectivity index (χ0v) is 14.7. The van der Waals surface area contributed by atoms with E-state index in [0.29, 0.717) is 19.6 Å². The van der Waals surface area contributed by atoms with E-state index in [4.69, 9.17) is 4.74 Å². The van der Waals surface area contributed by atoms with Gasteiger partial charge < -0.3 is 9.84 Å². The second kappa shape index (κ2) is 5.97. The van der Waals surface area contributed by atoms with Gasteiger partial charge in [-0.15, -0.1) is 11.3 Å². The van der Waals surface area contributed by atoms with E-state index in [9.17, 15) is 14.7 Å². The van der Waals surface area contributed by atoms with Gasteiger partial charge >= 0.3 is 5.97 Å². The molecule has 2 aliphatic heterocycles. The van der Waals surface area contributed by atoms with Crippen molar-refractivity contribution in [2.45, 2.75) is 19.4 Å². The molecule has 2 atom stereocenters. The lowest BCUT2D eigenvalue weighted by Gasteiger charge is -2.35. The fraction of sp³-hybridized carbons (Fsp3) is 0.368. The SMILES string of the molecule is CC(=O)c1cc(CN2C[C@@H]3c4ccccc4OC[C@]3(C(=O)O)C2)cs1. The Hall–Kier alpha value is -2.18. The smallest absolute Gasteiger partial charge is 0.315 e. The summed E-state index contributed by atoms with van der Waals surface area (Å²) in [6, 6.07) is 9.63. The molecular formula is C19H19NO4S. The zero-order chi connectivity index (χ0) is 17.6. The van der Waals surface area contributed by atoms with E-state index in [2.05, 4.69) is 4.90 Å². The minimum absolute atomic E-state index is 0.0654. The van der Waals surface area contributed by atoms with Crippen molar-refractivity contribution in [3.05, 3.63) is 51.7 Å². The Labute approximate surface area is 149 Å². The maximum Gasteiger partial charge on any atom is 0.315 e. The first-order chi connectivity index (χ1) is 12.0. The number of carboxylic acids is 1. The number of rotatable bonds is 4. The first kappa shape index (κ1) is 16.3. The van der Waals surface area contributed by atoms with Crippen LogP contribution in [0.5, 0.6) is 5.75 Å². The number of ether oxygens (including phenoxy) is 1. The van der Waals surface area contributed by atoms with Gasteiger partial charge in [-0.25, -0.2) is 0 Å². The summed E-state index contributed by atoms with van der Waals surface area (Å²) in [6.07, 6.45) is 0. The van der Waals surface area contributed by atoms with Crippen LogP contribution in [0.1, 0.15) is 33.6 Å². The molecule has 0 amide bonds. The van der Waals surface area contributed by atoms with E-state index in [1.807, 2.05) is 35.7 Å². The number of thiophene rings is 1. The molecule has 6 heteroatoms. The second-order valence-corrected chi connectivity index (χ2v) is 7.80. The number of likely N-dealkylation sites (tertiary alicyclic amines) is 1. The van der Waals surface area contributed by atoms with Crippen molar-refractivity contribution < 1.29 is 19.4 Å². The van der Waals surface area contributed by atoms with Crippen LogP contribution in [0.2, 0.25) is 0 Å². The van der Waals surface area contributed by atoms with Crippen LogP contribution >= 0.6 is 11.3 Å². The highest BCUT2D eigenvalue weighted by Crippen LogP contribution is 2.50. The topological polar surface area (TPSA) is 66.8 Å². The number of fused-ring (bicyclic) bond motifs is 3. The molecular weight excluding hydrogens is 338 g/mol. The van der Waals surface area contributed by atoms with Crippen LogP contribution in [0.25, 0.3) is 0 Å². The number of carboxylic acid groups (broad SMARTS) is 1. The number of aliphatic carboxylic acids is 1. The molecule has 5 nitrogen and oxygen atoms in total. The van der Waals surface area contributed by atoms with Gasteiger partial charge in [0.1, 0.15) is 17.8 Å². The highest BCUT2D eigenvalue weighted by molar-refractivity contribution is 7.12. The quantitative estimate of drug-likeness (QED) is 0.852. The molecule has 0 aliphatic carbocycles. The number of Topliss-reactive ketones (excluding diaryl/α,β-unsaturated/α-hetero) is 1. The number of nitrogens with zero attached hydrogens (tertiary/aromatic N) is 1. The van der Waals surface area contributed by atoms with E-state index >= 15 is 0 Å². The van der Waals surface area contributed by atoms with Gasteiger partial charge in [0.25, 0.3) is 0 Å². The summed E-state index contributed by atoms with van der Waals surface area (Å²) < 4.78 is 5.79. The van der Waals surface area contributed by atoms with Crippen LogP contribution in [-0.2, 0) is 11.3 Å². The molecule has 0 spiro atoms. The molecule has 0 bridgehead atoms. The first-order valence-corrected chi connectivity index (χ1v) is 9.13. The van der Waals surface area contributed by atoms with E-state index in [0.717, 1.165) is 21.8 Å². The molecule has 1 aromatic heterocycles. The summed E-state index contributed by atoms with van der Waals surface area (Å²) in [4.78, 5) is 26.5. The molecule has 25 heavy (non-hydrogen) atoms. The third-order valence-corrected chi connectivity index (χ3v) is 6.31. The van der Waals surface area contributed by atoms with Gasteiger partial charge in [-0.2, -0.15) is 0 Å². The number of carbonyl (C=O) groups is 2. The lowest BCUT2D eigenvalue weighted by atomic mass is 9.73. The molecule has 2 aromatic rings. The van der Waals surface area contributed by atoms with Crippen LogP contribution in [-0.4, -0.2) is 41.5 Å². The Morgan fingerprint density at radius 3 is 2.92 bits per heavy atom. The van der Waals surface area contributed by atoms with E-state index in [1.54, 1.807) is 6.92 Å².